The van der Waals surface area contributed by atoms with Gasteiger partial charge in [-0.2, -0.15) is 0 Å². The summed E-state index contributed by atoms with van der Waals surface area (Å²) in [6.45, 7) is 4.10. The lowest BCUT2D eigenvalue weighted by Gasteiger charge is -2.17. The Morgan fingerprint density at radius 3 is 2.42 bits per heavy atom. The first kappa shape index (κ1) is 14.5. The Labute approximate surface area is 129 Å². The van der Waals surface area contributed by atoms with E-state index in [0.717, 1.165) is 20.2 Å². The number of anilines is 1. The van der Waals surface area contributed by atoms with E-state index < -0.39 is 0 Å². The molecular formula is C15H14Br2FN. The molecule has 0 spiro atoms. The van der Waals surface area contributed by atoms with Gasteiger partial charge >= 0.3 is 0 Å². The van der Waals surface area contributed by atoms with E-state index in [4.69, 9.17) is 0 Å². The fourth-order valence-corrected chi connectivity index (χ4v) is 2.94. The summed E-state index contributed by atoms with van der Waals surface area (Å²) < 4.78 is 14.9. The minimum atomic E-state index is -0.235. The van der Waals surface area contributed by atoms with E-state index in [0.29, 0.717) is 0 Å². The maximum Gasteiger partial charge on any atom is 0.124 e. The van der Waals surface area contributed by atoms with Gasteiger partial charge in [-0.1, -0.05) is 44.0 Å². The average molecular weight is 387 g/mol. The first-order valence-corrected chi connectivity index (χ1v) is 7.53. The van der Waals surface area contributed by atoms with Gasteiger partial charge in [0, 0.05) is 20.7 Å². The predicted molar refractivity (Wildman–Crippen MR) is 85.0 cm³/mol. The summed E-state index contributed by atoms with van der Waals surface area (Å²) in [6, 6.07) is 11.0. The van der Waals surface area contributed by atoms with E-state index in [1.807, 2.05) is 26.0 Å². The maximum atomic E-state index is 13.1. The topological polar surface area (TPSA) is 12.0 Å². The molecule has 100 valence electrons. The summed E-state index contributed by atoms with van der Waals surface area (Å²) in [5.41, 5.74) is 3.25. The molecule has 0 aliphatic carbocycles. The van der Waals surface area contributed by atoms with Crippen molar-refractivity contribution in [1.82, 2.24) is 0 Å². The Morgan fingerprint density at radius 2 is 1.79 bits per heavy atom. The minimum Gasteiger partial charge on any atom is -0.378 e. The summed E-state index contributed by atoms with van der Waals surface area (Å²) in [5, 5.41) is 3.40. The maximum absolute atomic E-state index is 13.1. The van der Waals surface area contributed by atoms with Crippen LogP contribution in [0.4, 0.5) is 10.1 Å². The number of rotatable bonds is 3. The van der Waals surface area contributed by atoms with Crippen LogP contribution in [0.1, 0.15) is 24.1 Å². The minimum absolute atomic E-state index is 0.0876. The van der Waals surface area contributed by atoms with Crippen molar-refractivity contribution in [3.63, 3.8) is 0 Å². The summed E-state index contributed by atoms with van der Waals surface area (Å²) in [7, 11) is 0. The van der Waals surface area contributed by atoms with Gasteiger partial charge in [-0.15, -0.1) is 0 Å². The number of hydrogen-bond acceptors (Lipinski definition) is 1. The highest BCUT2D eigenvalue weighted by atomic mass is 79.9. The first-order valence-electron chi connectivity index (χ1n) is 5.95. The van der Waals surface area contributed by atoms with Gasteiger partial charge in [-0.3, -0.25) is 0 Å². The number of hydrogen-bond donors (Lipinski definition) is 1. The monoisotopic (exact) mass is 385 g/mol. The zero-order chi connectivity index (χ0) is 14.0. The second kappa shape index (κ2) is 6.06. The molecule has 2 aromatic rings. The van der Waals surface area contributed by atoms with Gasteiger partial charge in [0.05, 0.1) is 0 Å². The molecule has 19 heavy (non-hydrogen) atoms. The summed E-state index contributed by atoms with van der Waals surface area (Å²) >= 11 is 6.92. The summed E-state index contributed by atoms with van der Waals surface area (Å²) in [6.07, 6.45) is 0. The molecule has 1 N–H and O–H groups in total. The molecule has 0 fully saturated rings. The van der Waals surface area contributed by atoms with Crippen LogP contribution in [0.3, 0.4) is 0 Å². The van der Waals surface area contributed by atoms with Crippen molar-refractivity contribution in [2.24, 2.45) is 0 Å². The smallest absolute Gasteiger partial charge is 0.124 e. The molecule has 2 aromatic carbocycles. The molecule has 0 saturated carbocycles. The molecule has 4 heteroatoms. The molecule has 0 bridgehead atoms. The summed E-state index contributed by atoms with van der Waals surface area (Å²) in [5.74, 6) is -0.235. The van der Waals surface area contributed by atoms with Gasteiger partial charge in [0.15, 0.2) is 0 Å². The van der Waals surface area contributed by atoms with Crippen LogP contribution in [0.5, 0.6) is 0 Å². The molecular weight excluding hydrogens is 373 g/mol. The predicted octanol–water partition coefficient (Wildman–Crippen LogP) is 5.83. The molecule has 0 aromatic heterocycles. The van der Waals surface area contributed by atoms with Crippen molar-refractivity contribution in [2.75, 3.05) is 5.32 Å². The van der Waals surface area contributed by atoms with E-state index in [9.17, 15) is 4.39 Å². The quantitative estimate of drug-likeness (QED) is 0.699. The number of aryl methyl sites for hydroxylation is 1. The zero-order valence-electron chi connectivity index (χ0n) is 10.7. The molecule has 0 aliphatic heterocycles. The van der Waals surface area contributed by atoms with Crippen molar-refractivity contribution in [2.45, 2.75) is 19.9 Å². The fraction of sp³-hybridized carbons (Fsp3) is 0.200. The Kier molecular flexibility index (Phi) is 4.63. The standard InChI is InChI=1S/C15H14Br2FN/c1-9-3-5-12(8-14(9)16)19-10(2)13-6-4-11(18)7-15(13)17/h3-8,10,19H,1-2H3. The molecule has 2 rings (SSSR count). The van der Waals surface area contributed by atoms with Crippen molar-refractivity contribution in [3.05, 3.63) is 62.3 Å². The molecule has 0 aliphatic rings. The SMILES string of the molecule is Cc1ccc(NC(C)c2ccc(F)cc2Br)cc1Br. The number of nitrogens with one attached hydrogen (secondary N) is 1. The molecule has 1 unspecified atom stereocenters. The largest absolute Gasteiger partial charge is 0.378 e. The van der Waals surface area contributed by atoms with Crippen molar-refractivity contribution in [1.29, 1.82) is 0 Å². The van der Waals surface area contributed by atoms with Crippen LogP contribution in [0.15, 0.2) is 45.3 Å². The second-order valence-corrected chi connectivity index (χ2v) is 6.20. The third-order valence-electron chi connectivity index (χ3n) is 2.98. The lowest BCUT2D eigenvalue weighted by molar-refractivity contribution is 0.625. The van der Waals surface area contributed by atoms with Crippen LogP contribution in [-0.2, 0) is 0 Å². The number of halogens is 3. The lowest BCUT2D eigenvalue weighted by atomic mass is 10.1. The molecule has 0 radical (unpaired) electrons. The molecule has 0 heterocycles. The second-order valence-electron chi connectivity index (χ2n) is 4.50. The van der Waals surface area contributed by atoms with E-state index in [-0.39, 0.29) is 11.9 Å². The van der Waals surface area contributed by atoms with Gasteiger partial charge in [0.25, 0.3) is 0 Å². The molecule has 0 amide bonds. The van der Waals surface area contributed by atoms with Crippen LogP contribution in [0, 0.1) is 12.7 Å². The zero-order valence-corrected chi connectivity index (χ0v) is 13.8. The highest BCUT2D eigenvalue weighted by Gasteiger charge is 2.10. The van der Waals surface area contributed by atoms with Crippen molar-refractivity contribution in [3.8, 4) is 0 Å². The van der Waals surface area contributed by atoms with E-state index in [2.05, 4.69) is 43.2 Å². The van der Waals surface area contributed by atoms with Gasteiger partial charge in [-0.25, -0.2) is 4.39 Å². The van der Waals surface area contributed by atoms with E-state index in [1.165, 1.54) is 17.7 Å². The van der Waals surface area contributed by atoms with Crippen molar-refractivity contribution >= 4 is 37.5 Å². The van der Waals surface area contributed by atoms with E-state index in [1.54, 1.807) is 6.07 Å². The van der Waals surface area contributed by atoms with Crippen LogP contribution in [0.25, 0.3) is 0 Å². The Bertz CT molecular complexity index is 599. The molecule has 1 atom stereocenters. The van der Waals surface area contributed by atoms with Gasteiger partial charge in [0.2, 0.25) is 0 Å². The third-order valence-corrected chi connectivity index (χ3v) is 4.53. The van der Waals surface area contributed by atoms with Crippen LogP contribution < -0.4 is 5.32 Å². The van der Waals surface area contributed by atoms with Crippen LogP contribution >= 0.6 is 31.9 Å². The Hall–Kier alpha value is -0.870. The normalized spacial score (nSPS) is 12.3. The Balaban J connectivity index is 2.20. The number of benzene rings is 2. The van der Waals surface area contributed by atoms with Crippen LogP contribution in [0.2, 0.25) is 0 Å². The fourth-order valence-electron chi connectivity index (χ4n) is 1.86. The Morgan fingerprint density at radius 1 is 1.05 bits per heavy atom. The van der Waals surface area contributed by atoms with E-state index >= 15 is 0 Å². The first-order chi connectivity index (χ1) is 8.97. The molecule has 1 nitrogen and oxygen atoms in total. The van der Waals surface area contributed by atoms with Crippen molar-refractivity contribution < 1.29 is 4.39 Å². The summed E-state index contributed by atoms with van der Waals surface area (Å²) in [4.78, 5) is 0. The highest BCUT2D eigenvalue weighted by Crippen LogP contribution is 2.28. The van der Waals surface area contributed by atoms with Gasteiger partial charge in [0.1, 0.15) is 5.82 Å². The highest BCUT2D eigenvalue weighted by molar-refractivity contribution is 9.10. The molecule has 0 saturated heterocycles. The van der Waals surface area contributed by atoms with Gasteiger partial charge in [-0.05, 0) is 49.2 Å². The average Bonchev–Trinajstić information content (AvgIpc) is 2.33. The lowest BCUT2D eigenvalue weighted by Crippen LogP contribution is -2.07. The van der Waals surface area contributed by atoms with Crippen LogP contribution in [-0.4, -0.2) is 0 Å². The third kappa shape index (κ3) is 3.57. The van der Waals surface area contributed by atoms with Gasteiger partial charge < -0.3 is 5.32 Å².